The number of nitrogens with one attached hydrogen (secondary N) is 1. The average molecular weight is 333 g/mol. The van der Waals surface area contributed by atoms with Crippen LogP contribution in [0.25, 0.3) is 11.1 Å². The number of carbonyl (C=O) groups excluding carboxylic acids is 1. The summed E-state index contributed by atoms with van der Waals surface area (Å²) in [5, 5.41) is 2.83. The highest BCUT2D eigenvalue weighted by molar-refractivity contribution is 5.88. The molecule has 1 saturated carbocycles. The first kappa shape index (κ1) is 17.3. The van der Waals surface area contributed by atoms with Crippen LogP contribution in [0.4, 0.5) is 0 Å². The standard InChI is InChI=1S/C18H20N2O2.ClH/c19-18(10-11-18)17(21)20-12-13-22-16-9-5-4-8-15(16)14-6-2-1-3-7-14;/h1-9H,10-13,19H2,(H,20,21);1H. The van der Waals surface area contributed by atoms with E-state index in [0.717, 1.165) is 29.7 Å². The molecule has 3 N–H and O–H groups in total. The van der Waals surface area contributed by atoms with Crippen molar-refractivity contribution in [2.75, 3.05) is 13.2 Å². The van der Waals surface area contributed by atoms with Crippen molar-refractivity contribution in [3.05, 3.63) is 54.6 Å². The van der Waals surface area contributed by atoms with E-state index in [1.165, 1.54) is 0 Å². The number of hydrogen-bond donors (Lipinski definition) is 2. The van der Waals surface area contributed by atoms with Gasteiger partial charge >= 0.3 is 0 Å². The number of carbonyl (C=O) groups is 1. The zero-order valence-corrected chi connectivity index (χ0v) is 13.6. The third-order valence-corrected chi connectivity index (χ3v) is 3.86. The van der Waals surface area contributed by atoms with Gasteiger partial charge in [-0.25, -0.2) is 0 Å². The minimum atomic E-state index is -0.623. The summed E-state index contributed by atoms with van der Waals surface area (Å²) in [6, 6.07) is 18.0. The van der Waals surface area contributed by atoms with Crippen LogP contribution in [0.3, 0.4) is 0 Å². The molecule has 0 aliphatic heterocycles. The van der Waals surface area contributed by atoms with Crippen LogP contribution in [0.15, 0.2) is 54.6 Å². The van der Waals surface area contributed by atoms with Gasteiger partial charge in [-0.3, -0.25) is 4.79 Å². The third kappa shape index (κ3) is 4.24. The third-order valence-electron chi connectivity index (χ3n) is 3.86. The minimum absolute atomic E-state index is 0. The first-order valence-corrected chi connectivity index (χ1v) is 7.53. The predicted molar refractivity (Wildman–Crippen MR) is 93.8 cm³/mol. The SMILES string of the molecule is Cl.NC1(C(=O)NCCOc2ccccc2-c2ccccc2)CC1. The fourth-order valence-corrected chi connectivity index (χ4v) is 2.31. The van der Waals surface area contributed by atoms with Gasteiger partial charge in [0, 0.05) is 5.56 Å². The molecule has 1 fully saturated rings. The number of benzene rings is 2. The summed E-state index contributed by atoms with van der Waals surface area (Å²) >= 11 is 0. The summed E-state index contributed by atoms with van der Waals surface area (Å²) in [7, 11) is 0. The van der Waals surface area contributed by atoms with Gasteiger partial charge in [-0.1, -0.05) is 48.5 Å². The number of nitrogens with two attached hydrogens (primary N) is 1. The van der Waals surface area contributed by atoms with Crippen LogP contribution in [0, 0.1) is 0 Å². The van der Waals surface area contributed by atoms with E-state index >= 15 is 0 Å². The van der Waals surface area contributed by atoms with Crippen molar-refractivity contribution in [1.82, 2.24) is 5.32 Å². The van der Waals surface area contributed by atoms with E-state index in [1.54, 1.807) is 0 Å². The van der Waals surface area contributed by atoms with Crippen molar-refractivity contribution in [2.24, 2.45) is 5.73 Å². The quantitative estimate of drug-likeness (QED) is 0.799. The van der Waals surface area contributed by atoms with E-state index < -0.39 is 5.54 Å². The van der Waals surface area contributed by atoms with Gasteiger partial charge in [0.2, 0.25) is 5.91 Å². The number of amides is 1. The fraction of sp³-hybridized carbons (Fsp3) is 0.278. The molecule has 2 aromatic rings. The van der Waals surface area contributed by atoms with Gasteiger partial charge < -0.3 is 15.8 Å². The Morgan fingerprint density at radius 3 is 2.43 bits per heavy atom. The van der Waals surface area contributed by atoms with Gasteiger partial charge in [-0.05, 0) is 24.5 Å². The number of ether oxygens (including phenoxy) is 1. The Kier molecular flexibility index (Phi) is 5.64. The molecular weight excluding hydrogens is 312 g/mol. The van der Waals surface area contributed by atoms with Crippen molar-refractivity contribution in [1.29, 1.82) is 0 Å². The molecule has 0 bridgehead atoms. The number of rotatable bonds is 6. The minimum Gasteiger partial charge on any atom is -0.491 e. The Bertz CT molecular complexity index is 657. The first-order valence-electron chi connectivity index (χ1n) is 7.53. The summed E-state index contributed by atoms with van der Waals surface area (Å²) in [6.07, 6.45) is 1.55. The smallest absolute Gasteiger partial charge is 0.240 e. The summed E-state index contributed by atoms with van der Waals surface area (Å²) in [5.41, 5.74) is 7.37. The summed E-state index contributed by atoms with van der Waals surface area (Å²) in [4.78, 5) is 11.7. The lowest BCUT2D eigenvalue weighted by Crippen LogP contribution is -2.44. The van der Waals surface area contributed by atoms with Crippen LogP contribution in [0.1, 0.15) is 12.8 Å². The Hall–Kier alpha value is -2.04. The van der Waals surface area contributed by atoms with Crippen LogP contribution in [0.5, 0.6) is 5.75 Å². The van der Waals surface area contributed by atoms with E-state index in [1.807, 2.05) is 42.5 Å². The average Bonchev–Trinajstić information content (AvgIpc) is 3.32. The topological polar surface area (TPSA) is 64.4 Å². The molecular formula is C18H21ClN2O2. The molecule has 4 nitrogen and oxygen atoms in total. The summed E-state index contributed by atoms with van der Waals surface area (Å²) < 4.78 is 5.82. The fourth-order valence-electron chi connectivity index (χ4n) is 2.31. The molecule has 1 amide bonds. The molecule has 1 aliphatic rings. The van der Waals surface area contributed by atoms with E-state index in [-0.39, 0.29) is 18.3 Å². The number of hydrogen-bond acceptors (Lipinski definition) is 3. The molecule has 0 spiro atoms. The summed E-state index contributed by atoms with van der Waals surface area (Å²) in [5.74, 6) is 0.740. The zero-order valence-electron chi connectivity index (χ0n) is 12.8. The van der Waals surface area contributed by atoms with Gasteiger partial charge in [0.1, 0.15) is 12.4 Å². The van der Waals surface area contributed by atoms with Crippen molar-refractivity contribution in [3.8, 4) is 16.9 Å². The summed E-state index contributed by atoms with van der Waals surface area (Å²) in [6.45, 7) is 0.882. The molecule has 23 heavy (non-hydrogen) atoms. The maximum Gasteiger partial charge on any atom is 0.240 e. The maximum absolute atomic E-state index is 11.7. The Morgan fingerprint density at radius 2 is 1.74 bits per heavy atom. The van der Waals surface area contributed by atoms with Crippen molar-refractivity contribution in [2.45, 2.75) is 18.4 Å². The molecule has 1 aliphatic carbocycles. The lowest BCUT2D eigenvalue weighted by Gasteiger charge is -2.13. The highest BCUT2D eigenvalue weighted by Gasteiger charge is 2.45. The molecule has 5 heteroatoms. The highest BCUT2D eigenvalue weighted by atomic mass is 35.5. The lowest BCUT2D eigenvalue weighted by molar-refractivity contribution is -0.123. The van der Waals surface area contributed by atoms with Crippen LogP contribution >= 0.6 is 12.4 Å². The van der Waals surface area contributed by atoms with E-state index in [9.17, 15) is 4.79 Å². The van der Waals surface area contributed by atoms with Crippen LogP contribution in [-0.2, 0) is 4.79 Å². The second-order valence-electron chi connectivity index (χ2n) is 5.62. The molecule has 2 aromatic carbocycles. The first-order chi connectivity index (χ1) is 10.7. The van der Waals surface area contributed by atoms with Crippen molar-refractivity contribution >= 4 is 18.3 Å². The van der Waals surface area contributed by atoms with Gasteiger partial charge in [0.05, 0.1) is 12.1 Å². The molecule has 0 atom stereocenters. The second-order valence-corrected chi connectivity index (χ2v) is 5.62. The second kappa shape index (κ2) is 7.49. The molecule has 0 heterocycles. The van der Waals surface area contributed by atoms with Gasteiger partial charge in [0.25, 0.3) is 0 Å². The monoisotopic (exact) mass is 332 g/mol. The lowest BCUT2D eigenvalue weighted by atomic mass is 10.1. The molecule has 0 unspecified atom stereocenters. The van der Waals surface area contributed by atoms with E-state index in [0.29, 0.717) is 13.2 Å². The van der Waals surface area contributed by atoms with Crippen LogP contribution < -0.4 is 15.8 Å². The Balaban J connectivity index is 0.00000192. The largest absolute Gasteiger partial charge is 0.491 e. The van der Waals surface area contributed by atoms with Crippen LogP contribution in [0.2, 0.25) is 0 Å². The van der Waals surface area contributed by atoms with E-state index in [2.05, 4.69) is 17.4 Å². The van der Waals surface area contributed by atoms with Gasteiger partial charge in [0.15, 0.2) is 0 Å². The Labute approximate surface area is 142 Å². The van der Waals surface area contributed by atoms with Crippen molar-refractivity contribution in [3.63, 3.8) is 0 Å². The van der Waals surface area contributed by atoms with Gasteiger partial charge in [-0.2, -0.15) is 0 Å². The molecule has 122 valence electrons. The normalized spacial score (nSPS) is 14.5. The Morgan fingerprint density at radius 1 is 1.09 bits per heavy atom. The van der Waals surface area contributed by atoms with Gasteiger partial charge in [-0.15, -0.1) is 12.4 Å². The highest BCUT2D eigenvalue weighted by Crippen LogP contribution is 2.32. The molecule has 3 rings (SSSR count). The van der Waals surface area contributed by atoms with E-state index in [4.69, 9.17) is 10.5 Å². The molecule has 0 saturated heterocycles. The number of para-hydroxylation sites is 1. The molecule has 0 aromatic heterocycles. The number of halogens is 1. The maximum atomic E-state index is 11.7. The van der Waals surface area contributed by atoms with Crippen molar-refractivity contribution < 1.29 is 9.53 Å². The zero-order chi connectivity index (χ0) is 15.4. The molecule has 0 radical (unpaired) electrons. The van der Waals surface area contributed by atoms with Crippen LogP contribution in [-0.4, -0.2) is 24.6 Å². The predicted octanol–water partition coefficient (Wildman–Crippen LogP) is 2.76.